The van der Waals surface area contributed by atoms with Gasteiger partial charge in [0.1, 0.15) is 0 Å². The van der Waals surface area contributed by atoms with Crippen molar-refractivity contribution in [3.8, 4) is 12.3 Å². The zero-order valence-electron chi connectivity index (χ0n) is 9.79. The molecule has 1 unspecified atom stereocenters. The zero-order chi connectivity index (χ0) is 11.0. The van der Waals surface area contributed by atoms with E-state index in [1.54, 1.807) is 0 Å². The molecule has 0 amide bonds. The minimum atomic E-state index is 0.298. The number of nitrogens with two attached hydrogens (primary N) is 1. The monoisotopic (exact) mass is 196 g/mol. The number of hydrogen-bond acceptors (Lipinski definition) is 2. The molecule has 0 saturated heterocycles. The van der Waals surface area contributed by atoms with Gasteiger partial charge in [0.25, 0.3) is 0 Å². The first kappa shape index (κ1) is 13.5. The van der Waals surface area contributed by atoms with Crippen molar-refractivity contribution in [3.63, 3.8) is 0 Å². The summed E-state index contributed by atoms with van der Waals surface area (Å²) >= 11 is 0. The lowest BCUT2D eigenvalue weighted by atomic mass is 10.0. The van der Waals surface area contributed by atoms with Crippen LogP contribution >= 0.6 is 0 Å². The van der Waals surface area contributed by atoms with Gasteiger partial charge in [-0.05, 0) is 25.3 Å². The average molecular weight is 196 g/mol. The third-order valence-corrected chi connectivity index (χ3v) is 2.49. The molecular weight excluding hydrogens is 172 g/mol. The maximum absolute atomic E-state index is 5.98. The molecule has 0 aliphatic carbocycles. The summed E-state index contributed by atoms with van der Waals surface area (Å²) in [6, 6.07) is 0.298. The number of terminal acetylenes is 1. The Balaban J connectivity index is 3.75. The molecule has 0 spiro atoms. The van der Waals surface area contributed by atoms with E-state index >= 15 is 0 Å². The highest BCUT2D eigenvalue weighted by atomic mass is 15.1. The summed E-state index contributed by atoms with van der Waals surface area (Å²) in [5.74, 6) is 3.25. The molecule has 0 aliphatic rings. The molecule has 2 nitrogen and oxygen atoms in total. The first-order valence-corrected chi connectivity index (χ1v) is 5.53. The zero-order valence-corrected chi connectivity index (χ0v) is 9.79. The van der Waals surface area contributed by atoms with Gasteiger partial charge in [-0.15, -0.1) is 6.42 Å². The Labute approximate surface area is 88.9 Å². The second-order valence-electron chi connectivity index (χ2n) is 4.18. The van der Waals surface area contributed by atoms with Crippen molar-refractivity contribution < 1.29 is 0 Å². The summed E-state index contributed by atoms with van der Waals surface area (Å²) in [5.41, 5.74) is 5.98. The molecule has 14 heavy (non-hydrogen) atoms. The second-order valence-corrected chi connectivity index (χ2v) is 4.18. The molecule has 2 N–H and O–H groups in total. The lowest BCUT2D eigenvalue weighted by Crippen LogP contribution is -2.34. The van der Waals surface area contributed by atoms with Crippen LogP contribution in [-0.4, -0.2) is 30.6 Å². The highest BCUT2D eigenvalue weighted by Gasteiger charge is 2.09. The Morgan fingerprint density at radius 1 is 1.36 bits per heavy atom. The average Bonchev–Trinajstić information content (AvgIpc) is 2.14. The van der Waals surface area contributed by atoms with Crippen LogP contribution in [0.5, 0.6) is 0 Å². The van der Waals surface area contributed by atoms with Gasteiger partial charge in [-0.25, -0.2) is 0 Å². The van der Waals surface area contributed by atoms with Gasteiger partial charge in [0.2, 0.25) is 0 Å². The highest BCUT2D eigenvalue weighted by molar-refractivity contribution is 4.88. The van der Waals surface area contributed by atoms with Gasteiger partial charge in [-0.3, -0.25) is 4.90 Å². The summed E-state index contributed by atoms with van der Waals surface area (Å²) in [6.45, 7) is 9.35. The molecule has 0 rings (SSSR count). The maximum Gasteiger partial charge on any atom is 0.0598 e. The minimum Gasteiger partial charge on any atom is -0.327 e. The molecule has 2 heteroatoms. The smallest absolute Gasteiger partial charge is 0.0598 e. The van der Waals surface area contributed by atoms with E-state index in [9.17, 15) is 0 Å². The lowest BCUT2D eigenvalue weighted by molar-refractivity contribution is 0.282. The summed E-state index contributed by atoms with van der Waals surface area (Å²) in [7, 11) is 0. The second kappa shape index (κ2) is 7.84. The van der Waals surface area contributed by atoms with E-state index in [0.29, 0.717) is 12.0 Å². The van der Waals surface area contributed by atoms with E-state index in [4.69, 9.17) is 12.2 Å². The van der Waals surface area contributed by atoms with Crippen molar-refractivity contribution in [1.29, 1.82) is 0 Å². The van der Waals surface area contributed by atoms with Crippen molar-refractivity contribution in [2.24, 2.45) is 11.7 Å². The van der Waals surface area contributed by atoms with Crippen LogP contribution in [0.15, 0.2) is 0 Å². The molecule has 0 saturated carbocycles. The first-order valence-electron chi connectivity index (χ1n) is 5.53. The molecule has 0 heterocycles. The third-order valence-electron chi connectivity index (χ3n) is 2.49. The molecule has 0 aromatic heterocycles. The standard InChI is InChI=1S/C12H24N2/c1-5-8-14(9-6-2)10-7-12(13)11(3)4/h1,11-12H,6-10,13H2,2-4H3. The SMILES string of the molecule is C#CCN(CCC)CCC(N)C(C)C. The summed E-state index contributed by atoms with van der Waals surface area (Å²) in [5, 5.41) is 0. The van der Waals surface area contributed by atoms with Gasteiger partial charge < -0.3 is 5.73 Å². The number of rotatable bonds is 7. The fourth-order valence-corrected chi connectivity index (χ4v) is 1.38. The summed E-state index contributed by atoms with van der Waals surface area (Å²) in [4.78, 5) is 2.29. The van der Waals surface area contributed by atoms with Crippen LogP contribution in [0.1, 0.15) is 33.6 Å². The van der Waals surface area contributed by atoms with Crippen LogP contribution in [0, 0.1) is 18.3 Å². The molecule has 0 radical (unpaired) electrons. The maximum atomic E-state index is 5.98. The summed E-state index contributed by atoms with van der Waals surface area (Å²) in [6.07, 6.45) is 7.50. The fraction of sp³-hybridized carbons (Fsp3) is 0.833. The Bertz CT molecular complexity index is 170. The Morgan fingerprint density at radius 3 is 2.43 bits per heavy atom. The molecule has 0 aromatic carbocycles. The third kappa shape index (κ3) is 6.01. The molecule has 0 aliphatic heterocycles. The highest BCUT2D eigenvalue weighted by Crippen LogP contribution is 2.04. The lowest BCUT2D eigenvalue weighted by Gasteiger charge is -2.22. The van der Waals surface area contributed by atoms with Crippen molar-refractivity contribution >= 4 is 0 Å². The van der Waals surface area contributed by atoms with Crippen molar-refractivity contribution in [3.05, 3.63) is 0 Å². The van der Waals surface area contributed by atoms with Crippen LogP contribution in [-0.2, 0) is 0 Å². The van der Waals surface area contributed by atoms with E-state index in [0.717, 1.165) is 32.5 Å². The van der Waals surface area contributed by atoms with Gasteiger partial charge in [0, 0.05) is 12.6 Å². The Hall–Kier alpha value is -0.520. The molecule has 0 bridgehead atoms. The minimum absolute atomic E-state index is 0.298. The van der Waals surface area contributed by atoms with E-state index in [1.165, 1.54) is 0 Å². The van der Waals surface area contributed by atoms with E-state index in [2.05, 4.69) is 31.6 Å². The van der Waals surface area contributed by atoms with E-state index in [-0.39, 0.29) is 0 Å². The van der Waals surface area contributed by atoms with Crippen LogP contribution in [0.25, 0.3) is 0 Å². The largest absolute Gasteiger partial charge is 0.327 e. The molecular formula is C12H24N2. The Kier molecular flexibility index (Phi) is 7.55. The Morgan fingerprint density at radius 2 is 2.00 bits per heavy atom. The predicted octanol–water partition coefficient (Wildman–Crippen LogP) is 1.71. The van der Waals surface area contributed by atoms with Crippen molar-refractivity contribution in [1.82, 2.24) is 4.90 Å². The van der Waals surface area contributed by atoms with E-state index in [1.807, 2.05) is 0 Å². The van der Waals surface area contributed by atoms with Crippen molar-refractivity contribution in [2.75, 3.05) is 19.6 Å². The van der Waals surface area contributed by atoms with Gasteiger partial charge in [0.15, 0.2) is 0 Å². The normalized spacial score (nSPS) is 13.2. The quantitative estimate of drug-likeness (QED) is 0.628. The molecule has 0 fully saturated rings. The van der Waals surface area contributed by atoms with Crippen LogP contribution < -0.4 is 5.73 Å². The molecule has 82 valence electrons. The first-order chi connectivity index (χ1) is 6.61. The van der Waals surface area contributed by atoms with Crippen LogP contribution in [0.4, 0.5) is 0 Å². The van der Waals surface area contributed by atoms with Crippen LogP contribution in [0.3, 0.4) is 0 Å². The van der Waals surface area contributed by atoms with Gasteiger partial charge in [-0.1, -0.05) is 26.7 Å². The van der Waals surface area contributed by atoms with Gasteiger partial charge in [-0.2, -0.15) is 0 Å². The van der Waals surface area contributed by atoms with Crippen molar-refractivity contribution in [2.45, 2.75) is 39.7 Å². The molecule has 0 aromatic rings. The van der Waals surface area contributed by atoms with Crippen LogP contribution in [0.2, 0.25) is 0 Å². The van der Waals surface area contributed by atoms with Gasteiger partial charge in [0.05, 0.1) is 6.54 Å². The fourth-order valence-electron chi connectivity index (χ4n) is 1.38. The molecule has 1 atom stereocenters. The predicted molar refractivity (Wildman–Crippen MR) is 63.0 cm³/mol. The summed E-state index contributed by atoms with van der Waals surface area (Å²) < 4.78 is 0. The number of hydrogen-bond donors (Lipinski definition) is 1. The van der Waals surface area contributed by atoms with E-state index < -0.39 is 0 Å². The number of nitrogens with zero attached hydrogens (tertiary/aromatic N) is 1. The topological polar surface area (TPSA) is 29.3 Å². The van der Waals surface area contributed by atoms with Gasteiger partial charge >= 0.3 is 0 Å².